The first-order chi connectivity index (χ1) is 8.11. The van der Waals surface area contributed by atoms with E-state index in [1.54, 1.807) is 0 Å². The second-order valence-corrected chi connectivity index (χ2v) is 6.50. The molecule has 2 rings (SSSR count). The van der Waals surface area contributed by atoms with Crippen LogP contribution in [0.4, 0.5) is 0 Å². The monoisotopic (exact) mass is 253 g/mol. The predicted molar refractivity (Wildman–Crippen MR) is 73.1 cm³/mol. The first kappa shape index (κ1) is 13.0. The largest absolute Gasteiger partial charge is 0.326 e. The van der Waals surface area contributed by atoms with Gasteiger partial charge >= 0.3 is 0 Å². The Morgan fingerprint density at radius 2 is 2.24 bits per heavy atom. The average Bonchev–Trinajstić information content (AvgIpc) is 2.53. The van der Waals surface area contributed by atoms with E-state index in [2.05, 4.69) is 18.9 Å². The molecule has 96 valence electrons. The first-order valence-electron chi connectivity index (χ1n) is 6.51. The summed E-state index contributed by atoms with van der Waals surface area (Å²) >= 11 is 1.99. The average molecular weight is 253 g/mol. The number of aromatic nitrogens is 2. The summed E-state index contributed by atoms with van der Waals surface area (Å²) in [6.45, 7) is 5.02. The molecule has 0 aromatic carbocycles. The van der Waals surface area contributed by atoms with Crippen LogP contribution in [-0.4, -0.2) is 15.0 Å². The number of thioether (sulfide) groups is 1. The minimum absolute atomic E-state index is 0.601. The lowest BCUT2D eigenvalue weighted by molar-refractivity contribution is 0.393. The minimum atomic E-state index is 0.601. The third kappa shape index (κ3) is 2.86. The van der Waals surface area contributed by atoms with Gasteiger partial charge in [-0.2, -0.15) is 5.10 Å². The fourth-order valence-corrected chi connectivity index (χ4v) is 4.30. The third-order valence-corrected chi connectivity index (χ3v) is 5.15. The summed E-state index contributed by atoms with van der Waals surface area (Å²) in [5, 5.41) is 6.51. The maximum absolute atomic E-state index is 5.83. The Kier molecular flexibility index (Phi) is 4.15. The standard InChI is InChI=1S/C13H23N3S/c1-9-5-4-6-11(7-9)17-13-12(8-14)10(2)15-16(13)3/h9,11H,4-8,14H2,1-3H3. The van der Waals surface area contributed by atoms with Gasteiger partial charge in [-0.25, -0.2) is 0 Å². The fraction of sp³-hybridized carbons (Fsp3) is 0.769. The molecule has 1 fully saturated rings. The van der Waals surface area contributed by atoms with E-state index in [1.165, 1.54) is 36.3 Å². The van der Waals surface area contributed by atoms with Crippen LogP contribution in [0.1, 0.15) is 43.9 Å². The van der Waals surface area contributed by atoms with Crippen LogP contribution >= 0.6 is 11.8 Å². The molecule has 1 aliphatic rings. The van der Waals surface area contributed by atoms with E-state index in [1.807, 2.05) is 23.5 Å². The maximum Gasteiger partial charge on any atom is 0.0987 e. The third-order valence-electron chi connectivity index (χ3n) is 3.66. The second kappa shape index (κ2) is 5.44. The van der Waals surface area contributed by atoms with Crippen molar-refractivity contribution in [3.8, 4) is 0 Å². The number of nitrogens with zero attached hydrogens (tertiary/aromatic N) is 2. The molecule has 1 aromatic rings. The molecule has 1 aliphatic carbocycles. The molecule has 1 heterocycles. The summed E-state index contributed by atoms with van der Waals surface area (Å²) in [6, 6.07) is 0. The summed E-state index contributed by atoms with van der Waals surface area (Å²) in [5.41, 5.74) is 8.15. The van der Waals surface area contributed by atoms with Gasteiger partial charge in [-0.15, -0.1) is 11.8 Å². The highest BCUT2D eigenvalue weighted by Crippen LogP contribution is 2.37. The second-order valence-electron chi connectivity index (χ2n) is 5.21. The Balaban J connectivity index is 2.12. The van der Waals surface area contributed by atoms with Crippen LogP contribution in [0.25, 0.3) is 0 Å². The molecule has 4 heteroatoms. The number of aryl methyl sites for hydroxylation is 2. The highest BCUT2D eigenvalue weighted by Gasteiger charge is 2.23. The SMILES string of the molecule is Cc1nn(C)c(SC2CCCC(C)C2)c1CN. The van der Waals surface area contributed by atoms with Gasteiger partial charge in [-0.1, -0.05) is 19.8 Å². The minimum Gasteiger partial charge on any atom is -0.326 e. The van der Waals surface area contributed by atoms with Crippen LogP contribution in [-0.2, 0) is 13.6 Å². The van der Waals surface area contributed by atoms with Crippen LogP contribution < -0.4 is 5.73 Å². The summed E-state index contributed by atoms with van der Waals surface area (Å²) < 4.78 is 2.00. The van der Waals surface area contributed by atoms with Crippen molar-refractivity contribution >= 4 is 11.8 Å². The Bertz CT molecular complexity index is 386. The maximum atomic E-state index is 5.83. The summed E-state index contributed by atoms with van der Waals surface area (Å²) in [6.07, 6.45) is 5.43. The van der Waals surface area contributed by atoms with Crippen LogP contribution in [0, 0.1) is 12.8 Å². The van der Waals surface area contributed by atoms with Crippen molar-refractivity contribution in [1.82, 2.24) is 9.78 Å². The molecular formula is C13H23N3S. The first-order valence-corrected chi connectivity index (χ1v) is 7.39. The van der Waals surface area contributed by atoms with E-state index in [0.29, 0.717) is 6.54 Å². The summed E-state index contributed by atoms with van der Waals surface area (Å²) in [7, 11) is 2.03. The van der Waals surface area contributed by atoms with Gasteiger partial charge in [0.15, 0.2) is 0 Å². The van der Waals surface area contributed by atoms with Gasteiger partial charge in [-0.3, -0.25) is 4.68 Å². The molecule has 2 unspecified atom stereocenters. The van der Waals surface area contributed by atoms with Crippen molar-refractivity contribution in [2.45, 2.75) is 56.4 Å². The van der Waals surface area contributed by atoms with Gasteiger partial charge in [-0.05, 0) is 25.7 Å². The Hall–Kier alpha value is -0.480. The van der Waals surface area contributed by atoms with Crippen molar-refractivity contribution in [2.24, 2.45) is 18.7 Å². The van der Waals surface area contributed by atoms with Gasteiger partial charge < -0.3 is 5.73 Å². The predicted octanol–water partition coefficient (Wildman–Crippen LogP) is 2.86. The number of hydrogen-bond donors (Lipinski definition) is 1. The van der Waals surface area contributed by atoms with Gasteiger partial charge in [0.25, 0.3) is 0 Å². The topological polar surface area (TPSA) is 43.8 Å². The van der Waals surface area contributed by atoms with Crippen molar-refractivity contribution < 1.29 is 0 Å². The fourth-order valence-electron chi connectivity index (χ4n) is 2.71. The van der Waals surface area contributed by atoms with E-state index in [4.69, 9.17) is 5.73 Å². The molecule has 0 saturated heterocycles. The zero-order valence-electron chi connectivity index (χ0n) is 11.1. The lowest BCUT2D eigenvalue weighted by atomic mass is 9.91. The van der Waals surface area contributed by atoms with Crippen LogP contribution in [0.3, 0.4) is 0 Å². The molecule has 0 radical (unpaired) electrons. The molecule has 0 bridgehead atoms. The van der Waals surface area contributed by atoms with Crippen LogP contribution in [0.5, 0.6) is 0 Å². The van der Waals surface area contributed by atoms with Crippen molar-refractivity contribution in [2.75, 3.05) is 0 Å². The molecule has 0 spiro atoms. The molecule has 1 aromatic heterocycles. The highest BCUT2D eigenvalue weighted by atomic mass is 32.2. The van der Waals surface area contributed by atoms with Crippen molar-refractivity contribution in [3.63, 3.8) is 0 Å². The molecule has 17 heavy (non-hydrogen) atoms. The Morgan fingerprint density at radius 1 is 1.47 bits per heavy atom. The van der Waals surface area contributed by atoms with Gasteiger partial charge in [0.05, 0.1) is 10.7 Å². The van der Waals surface area contributed by atoms with E-state index >= 15 is 0 Å². The van der Waals surface area contributed by atoms with Crippen LogP contribution in [0.15, 0.2) is 5.03 Å². The number of rotatable bonds is 3. The van der Waals surface area contributed by atoms with E-state index in [9.17, 15) is 0 Å². The quantitative estimate of drug-likeness (QED) is 0.901. The van der Waals surface area contributed by atoms with Crippen molar-refractivity contribution in [3.05, 3.63) is 11.3 Å². The highest BCUT2D eigenvalue weighted by molar-refractivity contribution is 7.99. The number of hydrogen-bond acceptors (Lipinski definition) is 3. The van der Waals surface area contributed by atoms with Crippen molar-refractivity contribution in [1.29, 1.82) is 0 Å². The lowest BCUT2D eigenvalue weighted by Crippen LogP contribution is -2.16. The Labute approximate surface area is 108 Å². The van der Waals surface area contributed by atoms with Crippen LogP contribution in [0.2, 0.25) is 0 Å². The smallest absolute Gasteiger partial charge is 0.0987 e. The molecule has 3 nitrogen and oxygen atoms in total. The summed E-state index contributed by atoms with van der Waals surface area (Å²) in [4.78, 5) is 0. The van der Waals surface area contributed by atoms with Gasteiger partial charge in [0, 0.05) is 24.4 Å². The molecule has 2 N–H and O–H groups in total. The van der Waals surface area contributed by atoms with E-state index < -0.39 is 0 Å². The normalized spacial score (nSPS) is 25.2. The van der Waals surface area contributed by atoms with Gasteiger partial charge in [0.1, 0.15) is 0 Å². The molecular weight excluding hydrogens is 230 g/mol. The lowest BCUT2D eigenvalue weighted by Gasteiger charge is -2.26. The molecule has 2 atom stereocenters. The zero-order chi connectivity index (χ0) is 12.4. The molecule has 0 amide bonds. The Morgan fingerprint density at radius 3 is 2.88 bits per heavy atom. The van der Waals surface area contributed by atoms with E-state index in [0.717, 1.165) is 16.9 Å². The zero-order valence-corrected chi connectivity index (χ0v) is 11.9. The molecule has 0 aliphatic heterocycles. The van der Waals surface area contributed by atoms with Gasteiger partial charge in [0.2, 0.25) is 0 Å². The van der Waals surface area contributed by atoms with E-state index in [-0.39, 0.29) is 0 Å². The number of nitrogens with two attached hydrogens (primary N) is 1. The summed E-state index contributed by atoms with van der Waals surface area (Å²) in [5.74, 6) is 0.872. The molecule has 1 saturated carbocycles.